The van der Waals surface area contributed by atoms with Crippen molar-refractivity contribution in [3.63, 3.8) is 0 Å². The summed E-state index contributed by atoms with van der Waals surface area (Å²) in [6.07, 6.45) is 3.32. The van der Waals surface area contributed by atoms with Crippen LogP contribution in [0.2, 0.25) is 0 Å². The molecule has 8 heteroatoms. The van der Waals surface area contributed by atoms with E-state index in [0.717, 1.165) is 35.5 Å². The normalized spacial score (nSPS) is 12.9. The molecule has 0 bridgehead atoms. The fourth-order valence-electron chi connectivity index (χ4n) is 3.77. The molecule has 1 amide bonds. The molecule has 0 atom stereocenters. The summed E-state index contributed by atoms with van der Waals surface area (Å²) in [6, 6.07) is 12.1. The Bertz CT molecular complexity index is 1180. The van der Waals surface area contributed by atoms with Crippen LogP contribution in [0.15, 0.2) is 53.5 Å². The molecule has 3 aromatic rings. The third-order valence-corrected chi connectivity index (χ3v) is 5.35. The Morgan fingerprint density at radius 1 is 1.13 bits per heavy atom. The van der Waals surface area contributed by atoms with E-state index in [4.69, 9.17) is 9.47 Å². The van der Waals surface area contributed by atoms with Crippen molar-refractivity contribution < 1.29 is 19.1 Å². The van der Waals surface area contributed by atoms with Crippen molar-refractivity contribution in [1.29, 1.82) is 0 Å². The van der Waals surface area contributed by atoms with Gasteiger partial charge >= 0.3 is 11.7 Å². The third-order valence-electron chi connectivity index (χ3n) is 5.35. The lowest BCUT2D eigenvalue weighted by atomic mass is 10.0. The number of aromatic amines is 1. The van der Waals surface area contributed by atoms with E-state index >= 15 is 0 Å². The number of ether oxygens (including phenoxy) is 2. The van der Waals surface area contributed by atoms with E-state index in [9.17, 15) is 14.4 Å². The zero-order valence-corrected chi connectivity index (χ0v) is 17.4. The molecule has 160 valence electrons. The average molecular weight is 421 g/mol. The average Bonchev–Trinajstić information content (AvgIpc) is 3.14. The maximum absolute atomic E-state index is 12.7. The van der Waals surface area contributed by atoms with E-state index in [1.165, 1.54) is 4.57 Å². The fourth-order valence-corrected chi connectivity index (χ4v) is 3.77. The quantitative estimate of drug-likeness (QED) is 0.639. The van der Waals surface area contributed by atoms with Crippen LogP contribution >= 0.6 is 0 Å². The zero-order valence-electron chi connectivity index (χ0n) is 17.4. The lowest BCUT2D eigenvalue weighted by Gasteiger charge is -2.29. The number of rotatable bonds is 5. The Labute approximate surface area is 179 Å². The van der Waals surface area contributed by atoms with E-state index in [1.54, 1.807) is 49.4 Å². The smallest absolute Gasteiger partial charge is 0.338 e. The van der Waals surface area contributed by atoms with Crippen molar-refractivity contribution in [3.8, 4) is 11.4 Å². The van der Waals surface area contributed by atoms with Crippen LogP contribution in [0.4, 0.5) is 5.69 Å². The van der Waals surface area contributed by atoms with Crippen molar-refractivity contribution in [2.75, 3.05) is 25.2 Å². The minimum Gasteiger partial charge on any atom is -0.497 e. The molecule has 1 aromatic heterocycles. The Balaban J connectivity index is 1.41. The fraction of sp³-hybridized carbons (Fsp3) is 0.261. The second-order valence-electron chi connectivity index (χ2n) is 7.34. The molecular formula is C23H23N3O5. The Morgan fingerprint density at radius 2 is 1.90 bits per heavy atom. The SMILES string of the molecule is COc1ccc2c(c1)CCCN2C(=O)COC(=O)c1ccc(-n2c(C)c[nH]c2=O)cc1. The predicted molar refractivity (Wildman–Crippen MR) is 115 cm³/mol. The second-order valence-corrected chi connectivity index (χ2v) is 7.34. The van der Waals surface area contributed by atoms with Gasteiger partial charge in [-0.25, -0.2) is 9.59 Å². The van der Waals surface area contributed by atoms with Crippen LogP contribution in [0.1, 0.15) is 28.0 Å². The topological polar surface area (TPSA) is 93.6 Å². The van der Waals surface area contributed by atoms with Gasteiger partial charge in [-0.15, -0.1) is 0 Å². The number of carbonyl (C=O) groups is 2. The molecule has 1 aliphatic rings. The number of H-pyrrole nitrogens is 1. The summed E-state index contributed by atoms with van der Waals surface area (Å²) in [5, 5.41) is 0. The van der Waals surface area contributed by atoms with E-state index in [1.807, 2.05) is 18.2 Å². The number of methoxy groups -OCH3 is 1. The van der Waals surface area contributed by atoms with E-state index in [2.05, 4.69) is 4.98 Å². The molecule has 2 heterocycles. The molecular weight excluding hydrogens is 398 g/mol. The monoisotopic (exact) mass is 421 g/mol. The molecule has 31 heavy (non-hydrogen) atoms. The summed E-state index contributed by atoms with van der Waals surface area (Å²) in [4.78, 5) is 41.3. The molecule has 0 fully saturated rings. The van der Waals surface area contributed by atoms with Crippen molar-refractivity contribution in [2.45, 2.75) is 19.8 Å². The molecule has 0 saturated carbocycles. The van der Waals surface area contributed by atoms with Crippen molar-refractivity contribution in [2.24, 2.45) is 0 Å². The summed E-state index contributed by atoms with van der Waals surface area (Å²) in [5.74, 6) is -0.115. The second kappa shape index (κ2) is 8.51. The van der Waals surface area contributed by atoms with Gasteiger partial charge in [-0.3, -0.25) is 9.36 Å². The number of aryl methyl sites for hydroxylation is 2. The van der Waals surface area contributed by atoms with Gasteiger partial charge in [0.05, 0.1) is 18.4 Å². The number of fused-ring (bicyclic) bond motifs is 1. The van der Waals surface area contributed by atoms with Gasteiger partial charge in [0.2, 0.25) is 0 Å². The highest BCUT2D eigenvalue weighted by molar-refractivity contribution is 5.98. The number of aromatic nitrogens is 2. The highest BCUT2D eigenvalue weighted by Gasteiger charge is 2.24. The number of benzene rings is 2. The molecule has 0 unspecified atom stereocenters. The molecule has 0 aliphatic carbocycles. The number of nitrogens with one attached hydrogen (secondary N) is 1. The summed E-state index contributed by atoms with van der Waals surface area (Å²) in [6.45, 7) is 2.04. The third kappa shape index (κ3) is 4.09. The van der Waals surface area contributed by atoms with Gasteiger partial charge in [0.1, 0.15) is 5.75 Å². The number of nitrogens with zero attached hydrogens (tertiary/aromatic N) is 2. The van der Waals surface area contributed by atoms with Crippen LogP contribution in [0, 0.1) is 6.92 Å². The first-order chi connectivity index (χ1) is 15.0. The van der Waals surface area contributed by atoms with Crippen LogP contribution in [-0.4, -0.2) is 41.7 Å². The summed E-state index contributed by atoms with van der Waals surface area (Å²) < 4.78 is 12.0. The lowest BCUT2D eigenvalue weighted by molar-refractivity contribution is -0.121. The van der Waals surface area contributed by atoms with Gasteiger partial charge in [0.15, 0.2) is 6.61 Å². The number of hydrogen-bond donors (Lipinski definition) is 1. The van der Waals surface area contributed by atoms with Gasteiger partial charge < -0.3 is 19.4 Å². The summed E-state index contributed by atoms with van der Waals surface area (Å²) in [7, 11) is 1.61. The van der Waals surface area contributed by atoms with E-state index in [0.29, 0.717) is 17.8 Å². The number of hydrogen-bond acceptors (Lipinski definition) is 5. The first-order valence-electron chi connectivity index (χ1n) is 10.00. The maximum Gasteiger partial charge on any atom is 0.338 e. The molecule has 2 aromatic carbocycles. The molecule has 0 spiro atoms. The summed E-state index contributed by atoms with van der Waals surface area (Å²) in [5.41, 5.74) is 3.31. The predicted octanol–water partition coefficient (Wildman–Crippen LogP) is 2.62. The first kappa shape index (κ1) is 20.5. The Kier molecular flexibility index (Phi) is 5.62. The largest absolute Gasteiger partial charge is 0.497 e. The molecule has 1 N–H and O–H groups in total. The van der Waals surface area contributed by atoms with Gasteiger partial charge in [-0.2, -0.15) is 0 Å². The lowest BCUT2D eigenvalue weighted by Crippen LogP contribution is -2.38. The van der Waals surface area contributed by atoms with Crippen molar-refractivity contribution in [3.05, 3.63) is 76.0 Å². The molecule has 4 rings (SSSR count). The molecule has 1 aliphatic heterocycles. The number of amides is 1. The summed E-state index contributed by atoms with van der Waals surface area (Å²) >= 11 is 0. The van der Waals surface area contributed by atoms with Crippen molar-refractivity contribution in [1.82, 2.24) is 9.55 Å². The van der Waals surface area contributed by atoms with Crippen molar-refractivity contribution >= 4 is 17.6 Å². The molecule has 0 saturated heterocycles. The molecule has 8 nitrogen and oxygen atoms in total. The van der Waals surface area contributed by atoms with Crippen LogP contribution in [0.5, 0.6) is 5.75 Å². The minimum absolute atomic E-state index is 0.252. The Morgan fingerprint density at radius 3 is 2.58 bits per heavy atom. The van der Waals surface area contributed by atoms with Gasteiger partial charge in [-0.1, -0.05) is 0 Å². The van der Waals surface area contributed by atoms with E-state index < -0.39 is 5.97 Å². The highest BCUT2D eigenvalue weighted by Crippen LogP contribution is 2.30. The van der Waals surface area contributed by atoms with Crippen LogP contribution in [0.3, 0.4) is 0 Å². The van der Waals surface area contributed by atoms with E-state index in [-0.39, 0.29) is 18.2 Å². The van der Waals surface area contributed by atoms with Crippen LogP contribution in [-0.2, 0) is 16.0 Å². The van der Waals surface area contributed by atoms with Crippen LogP contribution in [0.25, 0.3) is 5.69 Å². The van der Waals surface area contributed by atoms with Gasteiger partial charge in [-0.05, 0) is 67.8 Å². The van der Waals surface area contributed by atoms with Gasteiger partial charge in [0, 0.05) is 24.1 Å². The van der Waals surface area contributed by atoms with Gasteiger partial charge in [0.25, 0.3) is 5.91 Å². The van der Waals surface area contributed by atoms with Crippen LogP contribution < -0.4 is 15.3 Å². The highest BCUT2D eigenvalue weighted by atomic mass is 16.5. The zero-order chi connectivity index (χ0) is 22.0. The molecule has 0 radical (unpaired) electrons. The number of esters is 1. The standard InChI is InChI=1S/C23H23N3O5/c1-15-13-24-23(29)26(15)18-7-5-16(6-8-18)22(28)31-14-21(27)25-11-3-4-17-12-19(30-2)9-10-20(17)25/h5-10,12-13H,3-4,11,14H2,1-2H3,(H,24,29). The number of carbonyl (C=O) groups excluding carboxylic acids is 2. The number of imidazole rings is 1. The first-order valence-corrected chi connectivity index (χ1v) is 10.00. The number of anilines is 1. The maximum atomic E-state index is 12.7. The Hall–Kier alpha value is -3.81. The minimum atomic E-state index is -0.593.